The Morgan fingerprint density at radius 1 is 1.05 bits per heavy atom. The number of carbonyl (C=O) groups is 1. The average molecular weight is 283 g/mol. The van der Waals surface area contributed by atoms with Crippen molar-refractivity contribution in [3.05, 3.63) is 65.2 Å². The van der Waals surface area contributed by atoms with Crippen molar-refractivity contribution in [1.29, 1.82) is 0 Å². The van der Waals surface area contributed by atoms with Crippen molar-refractivity contribution in [2.45, 2.75) is 0 Å². The first-order valence-corrected chi connectivity index (χ1v) is 6.52. The zero-order valence-electron chi connectivity index (χ0n) is 10.5. The number of H-pyrrole nitrogens is 1. The van der Waals surface area contributed by atoms with Crippen molar-refractivity contribution in [1.82, 2.24) is 10.2 Å². The highest BCUT2D eigenvalue weighted by atomic mass is 35.5. The van der Waals surface area contributed by atoms with Crippen molar-refractivity contribution in [3.8, 4) is 22.5 Å². The number of halogens is 1. The Balaban J connectivity index is 2.10. The lowest BCUT2D eigenvalue weighted by Gasteiger charge is -2.03. The van der Waals surface area contributed by atoms with Gasteiger partial charge in [-0.1, -0.05) is 54.1 Å². The van der Waals surface area contributed by atoms with Gasteiger partial charge in [-0.05, 0) is 17.7 Å². The summed E-state index contributed by atoms with van der Waals surface area (Å²) in [5.74, 6) is 0. The molecule has 3 aromatic rings. The Morgan fingerprint density at radius 2 is 1.85 bits per heavy atom. The number of hydrogen-bond acceptors (Lipinski definition) is 2. The van der Waals surface area contributed by atoms with E-state index in [1.54, 1.807) is 18.2 Å². The number of hydrogen-bond donors (Lipinski definition) is 1. The van der Waals surface area contributed by atoms with E-state index in [1.165, 1.54) is 0 Å². The van der Waals surface area contributed by atoms with E-state index in [4.69, 9.17) is 11.6 Å². The molecule has 2 aromatic carbocycles. The summed E-state index contributed by atoms with van der Waals surface area (Å²) in [7, 11) is 0. The topological polar surface area (TPSA) is 45.8 Å². The molecule has 0 fully saturated rings. The predicted molar refractivity (Wildman–Crippen MR) is 79.9 cm³/mol. The Labute approximate surface area is 121 Å². The molecule has 0 unspecified atom stereocenters. The zero-order chi connectivity index (χ0) is 13.9. The number of benzene rings is 2. The first-order valence-electron chi connectivity index (χ1n) is 6.14. The summed E-state index contributed by atoms with van der Waals surface area (Å²) in [5, 5.41) is 7.75. The summed E-state index contributed by atoms with van der Waals surface area (Å²) in [5.41, 5.74) is 3.77. The maximum Gasteiger partial charge on any atom is 0.150 e. The third kappa shape index (κ3) is 2.24. The van der Waals surface area contributed by atoms with Crippen molar-refractivity contribution in [2.75, 3.05) is 0 Å². The fourth-order valence-corrected chi connectivity index (χ4v) is 2.40. The van der Waals surface area contributed by atoms with Crippen LogP contribution in [0.15, 0.2) is 54.6 Å². The number of carbonyl (C=O) groups excluding carboxylic acids is 1. The molecule has 0 atom stereocenters. The molecule has 98 valence electrons. The Morgan fingerprint density at radius 3 is 2.60 bits per heavy atom. The van der Waals surface area contributed by atoms with E-state index in [0.29, 0.717) is 21.8 Å². The molecule has 4 heteroatoms. The number of nitrogens with one attached hydrogen (secondary N) is 1. The summed E-state index contributed by atoms with van der Waals surface area (Å²) in [6.07, 6.45) is 0.790. The molecule has 20 heavy (non-hydrogen) atoms. The number of rotatable bonds is 3. The van der Waals surface area contributed by atoms with Crippen LogP contribution in [0.4, 0.5) is 0 Å². The van der Waals surface area contributed by atoms with Crippen LogP contribution in [0.1, 0.15) is 10.4 Å². The third-order valence-corrected chi connectivity index (χ3v) is 3.41. The predicted octanol–water partition coefficient (Wildman–Crippen LogP) is 4.21. The van der Waals surface area contributed by atoms with Crippen LogP contribution in [0.2, 0.25) is 5.02 Å². The van der Waals surface area contributed by atoms with E-state index in [0.717, 1.165) is 17.5 Å². The second-order valence-electron chi connectivity index (χ2n) is 4.35. The fourth-order valence-electron chi connectivity index (χ4n) is 2.12. The standard InChI is InChI=1S/C16H11ClN2O/c17-13-8-4-7-12(10-20)16(13)15-9-14(18-19-15)11-5-2-1-3-6-11/h1-10H,(H,18,19). The van der Waals surface area contributed by atoms with E-state index < -0.39 is 0 Å². The van der Waals surface area contributed by atoms with E-state index >= 15 is 0 Å². The molecule has 0 spiro atoms. The molecule has 3 nitrogen and oxygen atoms in total. The average Bonchev–Trinajstić information content (AvgIpc) is 2.97. The summed E-state index contributed by atoms with van der Waals surface area (Å²) >= 11 is 6.19. The Hall–Kier alpha value is -2.39. The maximum atomic E-state index is 11.1. The number of aromatic amines is 1. The second kappa shape index (κ2) is 5.31. The van der Waals surface area contributed by atoms with Gasteiger partial charge in [0.2, 0.25) is 0 Å². The molecule has 3 rings (SSSR count). The first kappa shape index (κ1) is 12.6. The first-order chi connectivity index (χ1) is 9.79. The molecular weight excluding hydrogens is 272 g/mol. The highest BCUT2D eigenvalue weighted by Gasteiger charge is 2.13. The molecule has 0 saturated heterocycles. The van der Waals surface area contributed by atoms with E-state index in [9.17, 15) is 4.79 Å². The highest BCUT2D eigenvalue weighted by molar-refractivity contribution is 6.33. The van der Waals surface area contributed by atoms with Crippen molar-refractivity contribution >= 4 is 17.9 Å². The van der Waals surface area contributed by atoms with Crippen LogP contribution in [-0.2, 0) is 0 Å². The molecule has 1 aromatic heterocycles. The van der Waals surface area contributed by atoms with Crippen LogP contribution in [0.5, 0.6) is 0 Å². The maximum absolute atomic E-state index is 11.1. The van der Waals surface area contributed by atoms with Gasteiger partial charge in [0.05, 0.1) is 16.4 Å². The third-order valence-electron chi connectivity index (χ3n) is 3.09. The Bertz CT molecular complexity index is 750. The largest absolute Gasteiger partial charge is 0.298 e. The fraction of sp³-hybridized carbons (Fsp3) is 0. The molecule has 0 aliphatic rings. The zero-order valence-corrected chi connectivity index (χ0v) is 11.3. The van der Waals surface area contributed by atoms with Gasteiger partial charge in [-0.15, -0.1) is 0 Å². The van der Waals surface area contributed by atoms with Crippen molar-refractivity contribution in [2.24, 2.45) is 0 Å². The van der Waals surface area contributed by atoms with Gasteiger partial charge >= 0.3 is 0 Å². The smallest absolute Gasteiger partial charge is 0.150 e. The minimum atomic E-state index is 0.515. The summed E-state index contributed by atoms with van der Waals surface area (Å²) < 4.78 is 0. The van der Waals surface area contributed by atoms with Gasteiger partial charge in [-0.25, -0.2) is 0 Å². The van der Waals surface area contributed by atoms with Crippen LogP contribution in [0.25, 0.3) is 22.5 Å². The summed E-state index contributed by atoms with van der Waals surface area (Å²) in [6, 6.07) is 17.0. The highest BCUT2D eigenvalue weighted by Crippen LogP contribution is 2.31. The molecule has 0 aliphatic carbocycles. The van der Waals surface area contributed by atoms with E-state index in [1.807, 2.05) is 36.4 Å². The summed E-state index contributed by atoms with van der Waals surface area (Å²) in [6.45, 7) is 0. The van der Waals surface area contributed by atoms with Gasteiger partial charge in [0, 0.05) is 11.1 Å². The minimum absolute atomic E-state index is 0.515. The van der Waals surface area contributed by atoms with Gasteiger partial charge in [0.25, 0.3) is 0 Å². The second-order valence-corrected chi connectivity index (χ2v) is 4.76. The molecule has 0 bridgehead atoms. The van der Waals surface area contributed by atoms with E-state index in [2.05, 4.69) is 10.2 Å². The number of nitrogens with zero attached hydrogens (tertiary/aromatic N) is 1. The molecule has 1 N–H and O–H groups in total. The SMILES string of the molecule is O=Cc1cccc(Cl)c1-c1cc(-c2ccccc2)[nH]n1. The summed E-state index contributed by atoms with van der Waals surface area (Å²) in [4.78, 5) is 11.1. The van der Waals surface area contributed by atoms with E-state index in [-0.39, 0.29) is 0 Å². The van der Waals surface area contributed by atoms with Crippen molar-refractivity contribution in [3.63, 3.8) is 0 Å². The molecule has 0 saturated carbocycles. The molecule has 0 radical (unpaired) electrons. The van der Waals surface area contributed by atoms with Crippen LogP contribution < -0.4 is 0 Å². The Kier molecular flexibility index (Phi) is 3.35. The molecule has 0 amide bonds. The van der Waals surface area contributed by atoms with Crippen LogP contribution >= 0.6 is 11.6 Å². The lowest BCUT2D eigenvalue weighted by Crippen LogP contribution is -1.88. The van der Waals surface area contributed by atoms with Gasteiger partial charge in [0.1, 0.15) is 0 Å². The quantitative estimate of drug-likeness (QED) is 0.732. The lowest BCUT2D eigenvalue weighted by molar-refractivity contribution is 0.112. The monoisotopic (exact) mass is 282 g/mol. The molecule has 0 aliphatic heterocycles. The molecule has 1 heterocycles. The van der Waals surface area contributed by atoms with Crippen LogP contribution in [0, 0.1) is 0 Å². The van der Waals surface area contributed by atoms with Crippen LogP contribution in [-0.4, -0.2) is 16.5 Å². The van der Waals surface area contributed by atoms with Gasteiger partial charge in [0.15, 0.2) is 6.29 Å². The lowest BCUT2D eigenvalue weighted by atomic mass is 10.0. The molecular formula is C16H11ClN2O. The normalized spacial score (nSPS) is 10.4. The van der Waals surface area contributed by atoms with Crippen LogP contribution in [0.3, 0.4) is 0 Å². The van der Waals surface area contributed by atoms with Crippen molar-refractivity contribution < 1.29 is 4.79 Å². The number of aldehydes is 1. The van der Waals surface area contributed by atoms with Gasteiger partial charge < -0.3 is 0 Å². The number of aromatic nitrogens is 2. The van der Waals surface area contributed by atoms with Gasteiger partial charge in [-0.3, -0.25) is 9.89 Å². The van der Waals surface area contributed by atoms with Gasteiger partial charge in [-0.2, -0.15) is 5.10 Å². The minimum Gasteiger partial charge on any atom is -0.298 e.